The van der Waals surface area contributed by atoms with Crippen LogP contribution in [0.3, 0.4) is 0 Å². The third-order valence-electron chi connectivity index (χ3n) is 4.09. The lowest BCUT2D eigenvalue weighted by Crippen LogP contribution is -2.18. The summed E-state index contributed by atoms with van der Waals surface area (Å²) < 4.78 is 3.65. The average Bonchev–Trinajstić information content (AvgIpc) is 3.16. The fourth-order valence-electron chi connectivity index (χ4n) is 2.89. The van der Waals surface area contributed by atoms with Crippen molar-refractivity contribution < 1.29 is 0 Å². The minimum atomic E-state index is 0.759. The molecule has 0 saturated carbocycles. The second-order valence-electron chi connectivity index (χ2n) is 5.85. The summed E-state index contributed by atoms with van der Waals surface area (Å²) in [5.74, 6) is 0.759. The molecule has 1 saturated heterocycles. The van der Waals surface area contributed by atoms with Gasteiger partial charge in [-0.15, -0.1) is 0 Å². The number of hydrogen-bond donors (Lipinski definition) is 0. The summed E-state index contributed by atoms with van der Waals surface area (Å²) in [5.41, 5.74) is 3.90. The van der Waals surface area contributed by atoms with Crippen molar-refractivity contribution in [1.82, 2.24) is 24.4 Å². The highest BCUT2D eigenvalue weighted by molar-refractivity contribution is 5.59. The fraction of sp³-hybridized carbons (Fsp3) is 0.400. The molecule has 0 amide bonds. The maximum atomic E-state index is 4.56. The smallest absolute Gasteiger partial charge is 0.181 e. The van der Waals surface area contributed by atoms with Gasteiger partial charge in [0, 0.05) is 25.0 Å². The largest absolute Gasteiger partial charge is 0.369 e. The number of nitrogens with zero attached hydrogens (tertiary/aromatic N) is 6. The molecule has 6 heteroatoms. The van der Waals surface area contributed by atoms with Gasteiger partial charge < -0.3 is 4.90 Å². The van der Waals surface area contributed by atoms with Gasteiger partial charge in [-0.1, -0.05) is 6.92 Å². The van der Waals surface area contributed by atoms with Crippen LogP contribution in [0, 0.1) is 12.8 Å². The molecule has 3 aromatic rings. The Morgan fingerprint density at radius 2 is 2.14 bits per heavy atom. The molecular weight excluding hydrogens is 264 g/mol. The topological polar surface area (TPSA) is 51.2 Å². The Labute approximate surface area is 123 Å². The third kappa shape index (κ3) is 2.07. The second-order valence-corrected chi connectivity index (χ2v) is 5.85. The van der Waals surface area contributed by atoms with Gasteiger partial charge in [-0.3, -0.25) is 0 Å². The van der Waals surface area contributed by atoms with Crippen LogP contribution in [0.15, 0.2) is 30.9 Å². The van der Waals surface area contributed by atoms with E-state index in [1.807, 2.05) is 36.3 Å². The van der Waals surface area contributed by atoms with E-state index in [1.54, 1.807) is 4.52 Å². The Hall–Kier alpha value is -2.37. The molecule has 0 spiro atoms. The van der Waals surface area contributed by atoms with E-state index in [2.05, 4.69) is 33.2 Å². The summed E-state index contributed by atoms with van der Waals surface area (Å²) in [6, 6.07) is 1.95. The SMILES string of the molecule is Cc1ccn2ncc(-n3cc(N4CCC(C)C4)cn3)c2n1. The van der Waals surface area contributed by atoms with E-state index in [0.29, 0.717) is 0 Å². The van der Waals surface area contributed by atoms with Gasteiger partial charge in [0.25, 0.3) is 0 Å². The lowest BCUT2D eigenvalue weighted by atomic mass is 10.2. The highest BCUT2D eigenvalue weighted by Gasteiger charge is 2.20. The summed E-state index contributed by atoms with van der Waals surface area (Å²) in [6.45, 7) is 6.50. The van der Waals surface area contributed by atoms with Gasteiger partial charge in [-0.05, 0) is 25.3 Å². The molecule has 108 valence electrons. The van der Waals surface area contributed by atoms with Crippen LogP contribution in [-0.2, 0) is 0 Å². The highest BCUT2D eigenvalue weighted by atomic mass is 15.3. The fourth-order valence-corrected chi connectivity index (χ4v) is 2.89. The maximum Gasteiger partial charge on any atom is 0.181 e. The van der Waals surface area contributed by atoms with Gasteiger partial charge in [-0.25, -0.2) is 14.2 Å². The Kier molecular flexibility index (Phi) is 2.70. The van der Waals surface area contributed by atoms with Crippen molar-refractivity contribution in [3.05, 3.63) is 36.5 Å². The van der Waals surface area contributed by atoms with Gasteiger partial charge in [0.2, 0.25) is 0 Å². The average molecular weight is 282 g/mol. The van der Waals surface area contributed by atoms with Crippen LogP contribution in [0.4, 0.5) is 5.69 Å². The monoisotopic (exact) mass is 282 g/mol. The van der Waals surface area contributed by atoms with Crippen LogP contribution in [0.2, 0.25) is 0 Å². The van der Waals surface area contributed by atoms with Crippen molar-refractivity contribution in [3.8, 4) is 5.69 Å². The first-order valence-electron chi connectivity index (χ1n) is 7.32. The Bertz CT molecular complexity index is 786. The molecule has 4 heterocycles. The number of rotatable bonds is 2. The second kappa shape index (κ2) is 4.58. The molecule has 0 bridgehead atoms. The summed E-state index contributed by atoms with van der Waals surface area (Å²) in [6.07, 6.45) is 8.98. The molecule has 0 radical (unpaired) electrons. The molecule has 1 unspecified atom stereocenters. The predicted molar refractivity (Wildman–Crippen MR) is 80.8 cm³/mol. The van der Waals surface area contributed by atoms with E-state index < -0.39 is 0 Å². The Morgan fingerprint density at radius 1 is 1.24 bits per heavy atom. The first-order valence-corrected chi connectivity index (χ1v) is 7.32. The number of fused-ring (bicyclic) bond motifs is 1. The number of aromatic nitrogens is 5. The molecule has 1 aliphatic rings. The van der Waals surface area contributed by atoms with Crippen LogP contribution in [-0.4, -0.2) is 37.5 Å². The number of hydrogen-bond acceptors (Lipinski definition) is 4. The van der Waals surface area contributed by atoms with Crippen molar-refractivity contribution in [3.63, 3.8) is 0 Å². The van der Waals surface area contributed by atoms with Gasteiger partial charge in [0.1, 0.15) is 5.69 Å². The van der Waals surface area contributed by atoms with Gasteiger partial charge in [0.15, 0.2) is 5.65 Å². The van der Waals surface area contributed by atoms with E-state index in [0.717, 1.165) is 36.0 Å². The van der Waals surface area contributed by atoms with Gasteiger partial charge in [0.05, 0.1) is 24.3 Å². The summed E-state index contributed by atoms with van der Waals surface area (Å²) in [7, 11) is 0. The first-order chi connectivity index (χ1) is 10.2. The van der Waals surface area contributed by atoms with Crippen molar-refractivity contribution in [2.45, 2.75) is 20.3 Å². The molecule has 6 nitrogen and oxygen atoms in total. The molecule has 4 rings (SSSR count). The predicted octanol–water partition coefficient (Wildman–Crippen LogP) is 2.07. The van der Waals surface area contributed by atoms with E-state index in [1.165, 1.54) is 12.1 Å². The van der Waals surface area contributed by atoms with Crippen LogP contribution >= 0.6 is 0 Å². The zero-order chi connectivity index (χ0) is 14.4. The van der Waals surface area contributed by atoms with E-state index >= 15 is 0 Å². The molecule has 1 aliphatic heterocycles. The van der Waals surface area contributed by atoms with Crippen molar-refractivity contribution in [1.29, 1.82) is 0 Å². The lowest BCUT2D eigenvalue weighted by Gasteiger charge is -2.14. The van der Waals surface area contributed by atoms with Crippen LogP contribution in [0.1, 0.15) is 19.0 Å². The van der Waals surface area contributed by atoms with Crippen LogP contribution < -0.4 is 4.90 Å². The lowest BCUT2D eigenvalue weighted by molar-refractivity contribution is 0.659. The molecular formula is C15H18N6. The van der Waals surface area contributed by atoms with Gasteiger partial charge in [-0.2, -0.15) is 10.2 Å². The molecule has 0 aromatic carbocycles. The molecule has 0 aliphatic carbocycles. The van der Waals surface area contributed by atoms with Crippen LogP contribution in [0.5, 0.6) is 0 Å². The number of aryl methyl sites for hydroxylation is 1. The molecule has 0 N–H and O–H groups in total. The molecule has 1 atom stereocenters. The summed E-state index contributed by atoms with van der Waals surface area (Å²) >= 11 is 0. The Morgan fingerprint density at radius 3 is 2.95 bits per heavy atom. The summed E-state index contributed by atoms with van der Waals surface area (Å²) in [4.78, 5) is 6.94. The molecule has 3 aromatic heterocycles. The maximum absolute atomic E-state index is 4.56. The van der Waals surface area contributed by atoms with Gasteiger partial charge >= 0.3 is 0 Å². The third-order valence-corrected chi connectivity index (χ3v) is 4.09. The molecule has 21 heavy (non-hydrogen) atoms. The standard InChI is InChI=1S/C15H18N6/c1-11-3-5-19(9-11)13-7-16-21(10-13)14-8-17-20-6-4-12(2)18-15(14)20/h4,6-8,10-11H,3,5,9H2,1-2H3. The zero-order valence-corrected chi connectivity index (χ0v) is 12.3. The zero-order valence-electron chi connectivity index (χ0n) is 12.3. The number of anilines is 1. The van der Waals surface area contributed by atoms with Crippen molar-refractivity contribution >= 4 is 11.3 Å². The van der Waals surface area contributed by atoms with Crippen LogP contribution in [0.25, 0.3) is 11.3 Å². The minimum absolute atomic E-state index is 0.759. The van der Waals surface area contributed by atoms with Crippen molar-refractivity contribution in [2.24, 2.45) is 5.92 Å². The van der Waals surface area contributed by atoms with E-state index in [9.17, 15) is 0 Å². The van der Waals surface area contributed by atoms with Crippen molar-refractivity contribution in [2.75, 3.05) is 18.0 Å². The molecule has 1 fully saturated rings. The first kappa shape index (κ1) is 12.4. The quantitative estimate of drug-likeness (QED) is 0.722. The highest BCUT2D eigenvalue weighted by Crippen LogP contribution is 2.24. The minimum Gasteiger partial charge on any atom is -0.369 e. The Balaban J connectivity index is 1.72. The van der Waals surface area contributed by atoms with E-state index in [4.69, 9.17) is 0 Å². The normalized spacial score (nSPS) is 18.8. The van der Waals surface area contributed by atoms with E-state index in [-0.39, 0.29) is 0 Å². The summed E-state index contributed by atoms with van der Waals surface area (Å²) in [5, 5.41) is 8.82.